The Morgan fingerprint density at radius 3 is 2.22 bits per heavy atom. The highest BCUT2D eigenvalue weighted by Crippen LogP contribution is 2.22. The Hall–Kier alpha value is -3.19. The van der Waals surface area contributed by atoms with E-state index in [0.29, 0.717) is 16.9 Å². The van der Waals surface area contributed by atoms with Gasteiger partial charge in [-0.3, -0.25) is 14.5 Å². The van der Waals surface area contributed by atoms with Gasteiger partial charge in [0.05, 0.1) is 4.90 Å². The Balaban J connectivity index is 1.88. The Kier molecular flexibility index (Phi) is 5.23. The molecule has 0 aliphatic rings. The van der Waals surface area contributed by atoms with Crippen LogP contribution in [0.2, 0.25) is 0 Å². The van der Waals surface area contributed by atoms with E-state index in [0.717, 1.165) is 5.56 Å². The van der Waals surface area contributed by atoms with Crippen LogP contribution in [-0.4, -0.2) is 19.3 Å². The molecule has 7 heteroatoms. The van der Waals surface area contributed by atoms with Gasteiger partial charge in [0.2, 0.25) is 0 Å². The summed E-state index contributed by atoms with van der Waals surface area (Å²) in [6.07, 6.45) is 3.12. The molecule has 0 aliphatic carbocycles. The van der Waals surface area contributed by atoms with Crippen molar-refractivity contribution in [2.75, 3.05) is 10.0 Å². The van der Waals surface area contributed by atoms with Gasteiger partial charge in [0, 0.05) is 29.3 Å². The normalized spacial score (nSPS) is 11.0. The van der Waals surface area contributed by atoms with Crippen molar-refractivity contribution in [1.82, 2.24) is 4.98 Å². The van der Waals surface area contributed by atoms with Crippen LogP contribution in [0.1, 0.15) is 21.5 Å². The molecule has 138 valence electrons. The predicted molar refractivity (Wildman–Crippen MR) is 105 cm³/mol. The number of anilines is 2. The summed E-state index contributed by atoms with van der Waals surface area (Å²) in [4.78, 5) is 16.4. The summed E-state index contributed by atoms with van der Waals surface area (Å²) in [5.41, 5.74) is 2.88. The summed E-state index contributed by atoms with van der Waals surface area (Å²) in [6, 6.07) is 14.9. The molecule has 0 saturated heterocycles. The van der Waals surface area contributed by atoms with E-state index in [4.69, 9.17) is 0 Å². The average molecular weight is 381 g/mol. The van der Waals surface area contributed by atoms with Crippen molar-refractivity contribution in [1.29, 1.82) is 0 Å². The highest BCUT2D eigenvalue weighted by atomic mass is 32.2. The van der Waals surface area contributed by atoms with Crippen LogP contribution in [0.25, 0.3) is 0 Å². The lowest BCUT2D eigenvalue weighted by atomic mass is 10.1. The van der Waals surface area contributed by atoms with Gasteiger partial charge in [0.15, 0.2) is 0 Å². The molecule has 0 spiro atoms. The highest BCUT2D eigenvalue weighted by molar-refractivity contribution is 7.92. The standard InChI is InChI=1S/C20H19N3O3S/c1-14-3-7-18(8-4-14)23-27(25,26)19-13-16(6-5-15(19)2)20(24)22-17-9-11-21-12-10-17/h3-13,23H,1-2H3,(H,21,22,24). The van der Waals surface area contributed by atoms with E-state index in [1.807, 2.05) is 19.1 Å². The maximum Gasteiger partial charge on any atom is 0.262 e. The molecule has 1 aromatic heterocycles. The zero-order valence-electron chi connectivity index (χ0n) is 14.9. The third kappa shape index (κ3) is 4.51. The Morgan fingerprint density at radius 2 is 1.56 bits per heavy atom. The van der Waals surface area contributed by atoms with Crippen LogP contribution >= 0.6 is 0 Å². The average Bonchev–Trinajstić information content (AvgIpc) is 2.64. The fraction of sp³-hybridized carbons (Fsp3) is 0.100. The van der Waals surface area contributed by atoms with E-state index in [1.54, 1.807) is 55.7 Å². The molecule has 2 N–H and O–H groups in total. The number of nitrogens with one attached hydrogen (secondary N) is 2. The maximum atomic E-state index is 12.8. The molecule has 1 amide bonds. The Morgan fingerprint density at radius 1 is 0.889 bits per heavy atom. The molecule has 0 aliphatic heterocycles. The van der Waals surface area contributed by atoms with Crippen LogP contribution < -0.4 is 10.0 Å². The van der Waals surface area contributed by atoms with Crippen LogP contribution in [0.5, 0.6) is 0 Å². The second kappa shape index (κ2) is 7.59. The molecule has 27 heavy (non-hydrogen) atoms. The third-order valence-electron chi connectivity index (χ3n) is 3.98. The monoisotopic (exact) mass is 381 g/mol. The first-order valence-electron chi connectivity index (χ1n) is 8.27. The van der Waals surface area contributed by atoms with Gasteiger partial charge in [-0.1, -0.05) is 23.8 Å². The minimum absolute atomic E-state index is 0.0606. The minimum atomic E-state index is -3.83. The van der Waals surface area contributed by atoms with Crippen LogP contribution in [0.15, 0.2) is 71.9 Å². The van der Waals surface area contributed by atoms with Crippen molar-refractivity contribution >= 4 is 27.3 Å². The zero-order chi connectivity index (χ0) is 19.4. The summed E-state index contributed by atoms with van der Waals surface area (Å²) >= 11 is 0. The van der Waals surface area contributed by atoms with Gasteiger partial charge in [0.25, 0.3) is 15.9 Å². The number of hydrogen-bond acceptors (Lipinski definition) is 4. The first-order valence-corrected chi connectivity index (χ1v) is 9.75. The number of carbonyl (C=O) groups excluding carboxylic acids is 1. The third-order valence-corrected chi connectivity index (χ3v) is 5.51. The number of sulfonamides is 1. The van der Waals surface area contributed by atoms with E-state index in [9.17, 15) is 13.2 Å². The highest BCUT2D eigenvalue weighted by Gasteiger charge is 2.19. The molecule has 1 heterocycles. The molecule has 0 atom stereocenters. The van der Waals surface area contributed by atoms with Gasteiger partial charge >= 0.3 is 0 Å². The molecule has 0 saturated carbocycles. The molecule has 0 bridgehead atoms. The molecular weight excluding hydrogens is 362 g/mol. The van der Waals surface area contributed by atoms with E-state index in [-0.39, 0.29) is 10.5 Å². The molecule has 2 aromatic carbocycles. The predicted octanol–water partition coefficient (Wildman–Crippen LogP) is 3.75. The van der Waals surface area contributed by atoms with Gasteiger partial charge in [-0.15, -0.1) is 0 Å². The van der Waals surface area contributed by atoms with Crippen molar-refractivity contribution < 1.29 is 13.2 Å². The maximum absolute atomic E-state index is 12.8. The fourth-order valence-electron chi connectivity index (χ4n) is 2.50. The quantitative estimate of drug-likeness (QED) is 0.704. The molecule has 3 aromatic rings. The van der Waals surface area contributed by atoms with Crippen molar-refractivity contribution in [2.24, 2.45) is 0 Å². The number of benzene rings is 2. The number of carbonyl (C=O) groups is 1. The second-order valence-corrected chi connectivity index (χ2v) is 7.79. The smallest absolute Gasteiger partial charge is 0.262 e. The van der Waals surface area contributed by atoms with Crippen molar-refractivity contribution in [3.63, 3.8) is 0 Å². The fourth-order valence-corrected chi connectivity index (χ4v) is 3.83. The lowest BCUT2D eigenvalue weighted by molar-refractivity contribution is 0.102. The van der Waals surface area contributed by atoms with Gasteiger partial charge in [0.1, 0.15) is 0 Å². The van der Waals surface area contributed by atoms with E-state index in [2.05, 4.69) is 15.0 Å². The first-order chi connectivity index (χ1) is 12.8. The second-order valence-electron chi connectivity index (χ2n) is 6.14. The number of hydrogen-bond donors (Lipinski definition) is 2. The molecule has 0 radical (unpaired) electrons. The Labute approximate surface area is 158 Å². The molecular formula is C20H19N3O3S. The summed E-state index contributed by atoms with van der Waals surface area (Å²) < 4.78 is 28.1. The van der Waals surface area contributed by atoms with Crippen molar-refractivity contribution in [3.8, 4) is 0 Å². The number of nitrogens with zero attached hydrogens (tertiary/aromatic N) is 1. The van der Waals surface area contributed by atoms with E-state index < -0.39 is 15.9 Å². The van der Waals surface area contributed by atoms with Gasteiger partial charge in [-0.2, -0.15) is 0 Å². The summed E-state index contributed by atoms with van der Waals surface area (Å²) in [5.74, 6) is -0.395. The summed E-state index contributed by atoms with van der Waals surface area (Å²) in [5, 5.41) is 2.72. The van der Waals surface area contributed by atoms with E-state index in [1.165, 1.54) is 6.07 Å². The number of pyridine rings is 1. The number of amides is 1. The lowest BCUT2D eigenvalue weighted by Crippen LogP contribution is -2.17. The molecule has 0 fully saturated rings. The number of rotatable bonds is 5. The Bertz CT molecular complexity index is 1060. The van der Waals surface area contributed by atoms with Gasteiger partial charge < -0.3 is 5.32 Å². The zero-order valence-corrected chi connectivity index (χ0v) is 15.7. The molecule has 0 unspecified atom stereocenters. The van der Waals surface area contributed by atoms with Crippen LogP contribution in [0.3, 0.4) is 0 Å². The molecule has 6 nitrogen and oxygen atoms in total. The van der Waals surface area contributed by atoms with Gasteiger partial charge in [-0.25, -0.2) is 8.42 Å². The van der Waals surface area contributed by atoms with Crippen LogP contribution in [-0.2, 0) is 10.0 Å². The van der Waals surface area contributed by atoms with E-state index >= 15 is 0 Å². The first kappa shape index (κ1) is 18.6. The molecule has 3 rings (SSSR count). The minimum Gasteiger partial charge on any atom is -0.322 e. The van der Waals surface area contributed by atoms with Crippen LogP contribution in [0.4, 0.5) is 11.4 Å². The lowest BCUT2D eigenvalue weighted by Gasteiger charge is -2.12. The SMILES string of the molecule is Cc1ccc(NS(=O)(=O)c2cc(C(=O)Nc3ccncc3)ccc2C)cc1. The number of aromatic nitrogens is 1. The topological polar surface area (TPSA) is 88.2 Å². The number of aryl methyl sites for hydroxylation is 2. The van der Waals surface area contributed by atoms with Crippen LogP contribution in [0, 0.1) is 13.8 Å². The summed E-state index contributed by atoms with van der Waals surface area (Å²) in [7, 11) is -3.83. The van der Waals surface area contributed by atoms with Crippen molar-refractivity contribution in [3.05, 3.63) is 83.7 Å². The largest absolute Gasteiger partial charge is 0.322 e. The van der Waals surface area contributed by atoms with Gasteiger partial charge in [-0.05, 0) is 55.8 Å². The summed E-state index contributed by atoms with van der Waals surface area (Å²) in [6.45, 7) is 3.61. The van der Waals surface area contributed by atoms with Crippen molar-refractivity contribution in [2.45, 2.75) is 18.7 Å².